The number of halogens is 1. The van der Waals surface area contributed by atoms with Crippen molar-refractivity contribution in [2.75, 3.05) is 42.1 Å². The Labute approximate surface area is 231 Å². The van der Waals surface area contributed by atoms with E-state index in [2.05, 4.69) is 4.72 Å². The van der Waals surface area contributed by atoms with E-state index in [1.807, 2.05) is 24.1 Å². The van der Waals surface area contributed by atoms with E-state index in [4.69, 9.17) is 32.2 Å². The maximum atomic E-state index is 13.8. The normalized spacial score (nSPS) is 18.2. The van der Waals surface area contributed by atoms with Crippen LogP contribution >= 0.6 is 11.6 Å². The highest BCUT2D eigenvalue weighted by molar-refractivity contribution is 7.92. The summed E-state index contributed by atoms with van der Waals surface area (Å²) < 4.78 is 33.2. The number of amides is 1. The van der Waals surface area contributed by atoms with Crippen LogP contribution in [0.25, 0.3) is 5.65 Å². The maximum absolute atomic E-state index is 13.8. The average molecular weight is 576 g/mol. The Bertz CT molecular complexity index is 1540. The number of aromatic nitrogens is 3. The molecule has 5 rings (SSSR count). The molecule has 3 N–H and O–H groups in total. The third-order valence-electron chi connectivity index (χ3n) is 6.85. The fourth-order valence-corrected chi connectivity index (χ4v) is 5.79. The van der Waals surface area contributed by atoms with Crippen molar-refractivity contribution < 1.29 is 22.7 Å². The van der Waals surface area contributed by atoms with Gasteiger partial charge in [-0.25, -0.2) is 17.9 Å². The van der Waals surface area contributed by atoms with Crippen molar-refractivity contribution in [3.63, 3.8) is 0 Å². The summed E-state index contributed by atoms with van der Waals surface area (Å²) in [5.74, 6) is 0.0265. The molecule has 2 aliphatic rings. The first-order valence-corrected chi connectivity index (χ1v) is 14.9. The number of carbonyl (C=O) groups excluding carboxylic acids is 2. The first-order chi connectivity index (χ1) is 18.5. The number of hydrogen-bond donors (Lipinski definition) is 2. The smallest absolute Gasteiger partial charge is 0.320 e. The summed E-state index contributed by atoms with van der Waals surface area (Å²) in [6, 6.07) is 6.07. The average Bonchev–Trinajstić information content (AvgIpc) is 3.28. The van der Waals surface area contributed by atoms with Crippen LogP contribution in [-0.4, -0.2) is 78.3 Å². The van der Waals surface area contributed by atoms with Gasteiger partial charge in [0.25, 0.3) is 5.91 Å². The van der Waals surface area contributed by atoms with Crippen molar-refractivity contribution in [3.05, 3.63) is 52.3 Å². The molecule has 1 unspecified atom stereocenters. The number of nitrogens with one attached hydrogen (secondary N) is 1. The van der Waals surface area contributed by atoms with Crippen LogP contribution in [0.5, 0.6) is 0 Å². The molecule has 14 heteroatoms. The minimum absolute atomic E-state index is 0.147. The van der Waals surface area contributed by atoms with Crippen LogP contribution in [0.3, 0.4) is 0 Å². The molecule has 0 aliphatic carbocycles. The fourth-order valence-electron chi connectivity index (χ4n) is 5.04. The molecule has 0 spiro atoms. The molecule has 12 nitrogen and oxygen atoms in total. The van der Waals surface area contributed by atoms with Gasteiger partial charge in [0.15, 0.2) is 5.65 Å². The fraction of sp³-hybridized carbons (Fsp3) is 0.440. The second kappa shape index (κ2) is 10.6. The van der Waals surface area contributed by atoms with Crippen molar-refractivity contribution in [2.45, 2.75) is 38.3 Å². The minimum Gasteiger partial charge on any atom is -0.458 e. The van der Waals surface area contributed by atoms with E-state index >= 15 is 0 Å². The number of sulfonamides is 1. The molecule has 0 saturated carbocycles. The number of anilines is 2. The summed E-state index contributed by atoms with van der Waals surface area (Å²) in [4.78, 5) is 33.8. The zero-order valence-corrected chi connectivity index (χ0v) is 23.2. The standard InChI is InChI=1S/C25H30ClN7O5S/c1-15-12-33-22(28-24(15)31-13-17(14-31)38-23(34)11-27)10-20(29-33)21-5-3-4-8-32(21)25(35)18-9-16(26)6-7-19(18)30-39(2,36)37/h6-7,9-10,12,17,21,30H,3-5,8,11,13-14,27H2,1-2H3. The third kappa shape index (κ3) is 5.80. The SMILES string of the molecule is Cc1cn2nc(C3CCCCN3C(=O)c3cc(Cl)ccc3NS(C)(=O)=O)cc2nc1N1CC(OC(=O)CN)C1. The Kier molecular flexibility index (Phi) is 7.40. The van der Waals surface area contributed by atoms with Gasteiger partial charge in [-0.1, -0.05) is 11.6 Å². The van der Waals surface area contributed by atoms with E-state index in [0.717, 1.165) is 30.5 Å². The first-order valence-electron chi connectivity index (χ1n) is 12.6. The summed E-state index contributed by atoms with van der Waals surface area (Å²) in [6.45, 7) is 3.35. The number of esters is 1. The molecule has 3 aromatic rings. The molecule has 39 heavy (non-hydrogen) atoms. The molecule has 2 fully saturated rings. The van der Waals surface area contributed by atoms with Gasteiger partial charge in [-0.3, -0.25) is 14.3 Å². The van der Waals surface area contributed by atoms with E-state index in [9.17, 15) is 18.0 Å². The van der Waals surface area contributed by atoms with Crippen LogP contribution in [0.1, 0.15) is 46.9 Å². The number of benzene rings is 1. The molecular formula is C25H30ClN7O5S. The van der Waals surface area contributed by atoms with E-state index in [1.54, 1.807) is 9.42 Å². The van der Waals surface area contributed by atoms with Crippen molar-refractivity contribution in [1.82, 2.24) is 19.5 Å². The zero-order chi connectivity index (χ0) is 27.9. The summed E-state index contributed by atoms with van der Waals surface area (Å²) in [7, 11) is -3.61. The summed E-state index contributed by atoms with van der Waals surface area (Å²) >= 11 is 6.18. The first kappa shape index (κ1) is 27.2. The Hall–Kier alpha value is -3.42. The monoisotopic (exact) mass is 575 g/mol. The molecule has 2 aromatic heterocycles. The van der Waals surface area contributed by atoms with Gasteiger partial charge in [0.1, 0.15) is 11.9 Å². The molecule has 2 aliphatic heterocycles. The lowest BCUT2D eigenvalue weighted by atomic mass is 9.98. The number of ether oxygens (including phenoxy) is 1. The van der Waals surface area contributed by atoms with Crippen LogP contribution in [-0.2, 0) is 19.6 Å². The molecule has 4 heterocycles. The summed E-state index contributed by atoms with van der Waals surface area (Å²) in [5.41, 5.74) is 7.93. The van der Waals surface area contributed by atoms with Crippen LogP contribution in [0.15, 0.2) is 30.5 Å². The van der Waals surface area contributed by atoms with Gasteiger partial charge in [-0.05, 0) is 44.4 Å². The second-order valence-corrected chi connectivity index (χ2v) is 12.1. The minimum atomic E-state index is -3.61. The number of carbonyl (C=O) groups is 2. The molecule has 208 valence electrons. The van der Waals surface area contributed by atoms with Gasteiger partial charge in [-0.15, -0.1) is 0 Å². The molecular weight excluding hydrogens is 546 g/mol. The Morgan fingerprint density at radius 1 is 1.23 bits per heavy atom. The van der Waals surface area contributed by atoms with Gasteiger partial charge in [-0.2, -0.15) is 5.10 Å². The number of fused-ring (bicyclic) bond motifs is 1. The predicted octanol–water partition coefficient (Wildman–Crippen LogP) is 2.12. The Morgan fingerprint density at radius 3 is 2.72 bits per heavy atom. The number of likely N-dealkylation sites (tertiary alicyclic amines) is 1. The summed E-state index contributed by atoms with van der Waals surface area (Å²) in [5, 5.41) is 5.08. The molecule has 2 saturated heterocycles. The highest BCUT2D eigenvalue weighted by atomic mass is 35.5. The van der Waals surface area contributed by atoms with E-state index in [-0.39, 0.29) is 35.8 Å². The summed E-state index contributed by atoms with van der Waals surface area (Å²) in [6.07, 6.45) is 5.15. The lowest BCUT2D eigenvalue weighted by Gasteiger charge is -2.39. The van der Waals surface area contributed by atoms with E-state index in [1.165, 1.54) is 18.2 Å². The maximum Gasteiger partial charge on any atom is 0.320 e. The lowest BCUT2D eigenvalue weighted by molar-refractivity contribution is -0.148. The molecule has 1 amide bonds. The topological polar surface area (TPSA) is 152 Å². The Morgan fingerprint density at radius 2 is 2.00 bits per heavy atom. The predicted molar refractivity (Wildman–Crippen MR) is 146 cm³/mol. The molecule has 0 bridgehead atoms. The van der Waals surface area contributed by atoms with Crippen LogP contribution in [0.4, 0.5) is 11.5 Å². The lowest BCUT2D eigenvalue weighted by Crippen LogP contribution is -2.54. The molecule has 1 aromatic carbocycles. The number of nitrogens with two attached hydrogens (primary N) is 1. The van der Waals surface area contributed by atoms with Gasteiger partial charge >= 0.3 is 5.97 Å². The Balaban J connectivity index is 1.41. The van der Waals surface area contributed by atoms with E-state index in [0.29, 0.717) is 42.4 Å². The zero-order valence-electron chi connectivity index (χ0n) is 21.6. The second-order valence-electron chi connectivity index (χ2n) is 9.91. The number of piperidine rings is 1. The third-order valence-corrected chi connectivity index (χ3v) is 7.67. The van der Waals surface area contributed by atoms with Gasteiger partial charge in [0, 0.05) is 29.4 Å². The largest absolute Gasteiger partial charge is 0.458 e. The van der Waals surface area contributed by atoms with Crippen LogP contribution < -0.4 is 15.4 Å². The molecule has 0 radical (unpaired) electrons. The van der Waals surface area contributed by atoms with Gasteiger partial charge in [0.2, 0.25) is 10.0 Å². The van der Waals surface area contributed by atoms with E-state index < -0.39 is 16.0 Å². The number of aryl methyl sites for hydroxylation is 1. The number of hydrogen-bond acceptors (Lipinski definition) is 9. The van der Waals surface area contributed by atoms with Gasteiger partial charge < -0.3 is 20.3 Å². The molecule has 1 atom stereocenters. The van der Waals surface area contributed by atoms with Crippen molar-refractivity contribution in [1.29, 1.82) is 0 Å². The van der Waals surface area contributed by atoms with Gasteiger partial charge in [0.05, 0.1) is 48.9 Å². The van der Waals surface area contributed by atoms with Crippen molar-refractivity contribution in [3.8, 4) is 0 Å². The van der Waals surface area contributed by atoms with Crippen molar-refractivity contribution in [2.24, 2.45) is 5.73 Å². The highest BCUT2D eigenvalue weighted by Crippen LogP contribution is 2.34. The van der Waals surface area contributed by atoms with Crippen molar-refractivity contribution >= 4 is 50.7 Å². The van der Waals surface area contributed by atoms with Crippen LogP contribution in [0.2, 0.25) is 5.02 Å². The highest BCUT2D eigenvalue weighted by Gasteiger charge is 2.34. The number of rotatable bonds is 7. The quantitative estimate of drug-likeness (QED) is 0.403. The number of nitrogens with zero attached hydrogens (tertiary/aromatic N) is 5. The van der Waals surface area contributed by atoms with Crippen LogP contribution in [0, 0.1) is 6.92 Å².